The summed E-state index contributed by atoms with van der Waals surface area (Å²) in [7, 11) is 0. The van der Waals surface area contributed by atoms with Crippen molar-refractivity contribution in [1.29, 1.82) is 0 Å². The van der Waals surface area contributed by atoms with Gasteiger partial charge in [-0.15, -0.1) is 0 Å². The number of imidazole rings is 1. The lowest BCUT2D eigenvalue weighted by atomic mass is 10.1. The Morgan fingerprint density at radius 1 is 1.27 bits per heavy atom. The fourth-order valence-electron chi connectivity index (χ4n) is 2.25. The molecule has 3 aromatic rings. The molecule has 6 heteroatoms. The average molecular weight is 296 g/mol. The quantitative estimate of drug-likeness (QED) is 0.803. The minimum Gasteiger partial charge on any atom is -0.361 e. The highest BCUT2D eigenvalue weighted by Crippen LogP contribution is 2.16. The number of aryl methyl sites for hydroxylation is 2. The van der Waals surface area contributed by atoms with E-state index in [9.17, 15) is 4.79 Å². The van der Waals surface area contributed by atoms with Crippen LogP contribution in [-0.4, -0.2) is 20.6 Å². The Labute approximate surface area is 127 Å². The summed E-state index contributed by atoms with van der Waals surface area (Å²) in [6.07, 6.45) is 5.57. The van der Waals surface area contributed by atoms with Crippen molar-refractivity contribution in [3.63, 3.8) is 0 Å². The Hall–Kier alpha value is -2.89. The second kappa shape index (κ2) is 5.85. The van der Waals surface area contributed by atoms with Gasteiger partial charge in [0.25, 0.3) is 0 Å². The number of hydrogen-bond acceptors (Lipinski definition) is 4. The van der Waals surface area contributed by atoms with Gasteiger partial charge in [-0.2, -0.15) is 0 Å². The second-order valence-corrected chi connectivity index (χ2v) is 5.04. The molecule has 112 valence electrons. The lowest BCUT2D eigenvalue weighted by Crippen LogP contribution is -2.15. The third-order valence-electron chi connectivity index (χ3n) is 3.47. The Morgan fingerprint density at radius 2 is 2.05 bits per heavy atom. The third kappa shape index (κ3) is 2.90. The Kier molecular flexibility index (Phi) is 3.74. The minimum atomic E-state index is -0.0928. The zero-order valence-electron chi connectivity index (χ0n) is 12.4. The summed E-state index contributed by atoms with van der Waals surface area (Å²) in [6.45, 7) is 3.64. The first-order valence-electron chi connectivity index (χ1n) is 6.93. The Morgan fingerprint density at radius 3 is 2.64 bits per heavy atom. The van der Waals surface area contributed by atoms with E-state index < -0.39 is 0 Å². The number of benzene rings is 1. The van der Waals surface area contributed by atoms with Gasteiger partial charge in [0.15, 0.2) is 0 Å². The van der Waals surface area contributed by atoms with E-state index in [2.05, 4.69) is 15.5 Å². The zero-order valence-corrected chi connectivity index (χ0v) is 12.4. The monoisotopic (exact) mass is 296 g/mol. The maximum atomic E-state index is 12.1. The van der Waals surface area contributed by atoms with Crippen molar-refractivity contribution >= 4 is 11.6 Å². The van der Waals surface area contributed by atoms with Crippen LogP contribution in [0.3, 0.4) is 0 Å². The summed E-state index contributed by atoms with van der Waals surface area (Å²) in [4.78, 5) is 16.1. The van der Waals surface area contributed by atoms with E-state index in [1.54, 1.807) is 12.5 Å². The number of rotatable bonds is 4. The summed E-state index contributed by atoms with van der Waals surface area (Å²) in [6, 6.07) is 7.57. The SMILES string of the molecule is Cc1noc(C)c1CC(=O)Nc1ccc(-n2ccnc2)cc1. The van der Waals surface area contributed by atoms with Gasteiger partial charge >= 0.3 is 0 Å². The van der Waals surface area contributed by atoms with Gasteiger partial charge in [-0.1, -0.05) is 5.16 Å². The predicted molar refractivity (Wildman–Crippen MR) is 81.9 cm³/mol. The van der Waals surface area contributed by atoms with Gasteiger partial charge in [0.2, 0.25) is 5.91 Å². The molecule has 0 aliphatic rings. The Balaban J connectivity index is 1.67. The van der Waals surface area contributed by atoms with Crippen molar-refractivity contribution in [2.45, 2.75) is 20.3 Å². The van der Waals surface area contributed by atoms with Crippen LogP contribution in [0.4, 0.5) is 5.69 Å². The van der Waals surface area contributed by atoms with Crippen molar-refractivity contribution in [2.24, 2.45) is 0 Å². The van der Waals surface area contributed by atoms with Gasteiger partial charge in [0.05, 0.1) is 18.4 Å². The molecule has 0 fully saturated rings. The van der Waals surface area contributed by atoms with Crippen molar-refractivity contribution < 1.29 is 9.32 Å². The molecule has 2 aromatic heterocycles. The maximum absolute atomic E-state index is 12.1. The van der Waals surface area contributed by atoms with Crippen LogP contribution in [0.2, 0.25) is 0 Å². The van der Waals surface area contributed by atoms with Crippen molar-refractivity contribution in [1.82, 2.24) is 14.7 Å². The van der Waals surface area contributed by atoms with Gasteiger partial charge < -0.3 is 14.4 Å². The molecule has 0 bridgehead atoms. The molecule has 3 rings (SSSR count). The highest BCUT2D eigenvalue weighted by molar-refractivity contribution is 5.92. The number of aromatic nitrogens is 3. The van der Waals surface area contributed by atoms with Crippen molar-refractivity contribution in [3.8, 4) is 5.69 Å². The molecule has 1 aromatic carbocycles. The molecule has 0 aliphatic heterocycles. The average Bonchev–Trinajstić information content (AvgIpc) is 3.14. The number of carbonyl (C=O) groups is 1. The summed E-state index contributed by atoms with van der Waals surface area (Å²) < 4.78 is 6.96. The fourth-order valence-corrected chi connectivity index (χ4v) is 2.25. The van der Waals surface area contributed by atoms with E-state index in [1.165, 1.54) is 0 Å². The van der Waals surface area contributed by atoms with Crippen LogP contribution in [0.1, 0.15) is 17.0 Å². The molecule has 0 radical (unpaired) electrons. The predicted octanol–water partition coefficient (Wildman–Crippen LogP) is 2.66. The molecule has 1 amide bonds. The van der Waals surface area contributed by atoms with Crippen LogP contribution in [0.25, 0.3) is 5.69 Å². The maximum Gasteiger partial charge on any atom is 0.228 e. The molecule has 0 unspecified atom stereocenters. The summed E-state index contributed by atoms with van der Waals surface area (Å²) >= 11 is 0. The van der Waals surface area contributed by atoms with Gasteiger partial charge in [-0.25, -0.2) is 4.98 Å². The first-order chi connectivity index (χ1) is 10.6. The summed E-state index contributed by atoms with van der Waals surface area (Å²) in [5.74, 6) is 0.591. The highest BCUT2D eigenvalue weighted by Gasteiger charge is 2.13. The normalized spacial score (nSPS) is 10.6. The van der Waals surface area contributed by atoms with Crippen molar-refractivity contribution in [2.75, 3.05) is 5.32 Å². The molecule has 2 heterocycles. The van der Waals surface area contributed by atoms with Gasteiger partial charge in [0.1, 0.15) is 5.76 Å². The number of anilines is 1. The molecule has 0 atom stereocenters. The zero-order chi connectivity index (χ0) is 15.5. The highest BCUT2D eigenvalue weighted by atomic mass is 16.5. The molecule has 0 aliphatic carbocycles. The number of nitrogens with one attached hydrogen (secondary N) is 1. The van der Waals surface area contributed by atoms with Crippen LogP contribution in [-0.2, 0) is 11.2 Å². The third-order valence-corrected chi connectivity index (χ3v) is 3.47. The molecule has 0 saturated carbocycles. The molecule has 0 spiro atoms. The van der Waals surface area contributed by atoms with E-state index >= 15 is 0 Å². The Bertz CT molecular complexity index is 754. The number of carbonyl (C=O) groups excluding carboxylic acids is 1. The summed E-state index contributed by atoms with van der Waals surface area (Å²) in [5.41, 5.74) is 3.33. The summed E-state index contributed by atoms with van der Waals surface area (Å²) in [5, 5.41) is 6.73. The van der Waals surface area contributed by atoms with E-state index in [4.69, 9.17) is 4.52 Å². The topological polar surface area (TPSA) is 73.0 Å². The van der Waals surface area contributed by atoms with E-state index in [0.717, 1.165) is 22.6 Å². The van der Waals surface area contributed by atoms with Crippen LogP contribution >= 0.6 is 0 Å². The first-order valence-corrected chi connectivity index (χ1v) is 6.93. The van der Waals surface area contributed by atoms with E-state index in [1.807, 2.05) is 48.9 Å². The van der Waals surface area contributed by atoms with Gasteiger partial charge in [-0.05, 0) is 38.1 Å². The van der Waals surface area contributed by atoms with Gasteiger partial charge in [0, 0.05) is 29.3 Å². The van der Waals surface area contributed by atoms with Crippen LogP contribution < -0.4 is 5.32 Å². The molecular formula is C16H16N4O2. The second-order valence-electron chi connectivity index (χ2n) is 5.04. The lowest BCUT2D eigenvalue weighted by Gasteiger charge is -2.07. The van der Waals surface area contributed by atoms with E-state index in [0.29, 0.717) is 5.76 Å². The van der Waals surface area contributed by atoms with Crippen molar-refractivity contribution in [3.05, 3.63) is 60.0 Å². The van der Waals surface area contributed by atoms with E-state index in [-0.39, 0.29) is 12.3 Å². The lowest BCUT2D eigenvalue weighted by molar-refractivity contribution is -0.115. The molecular weight excluding hydrogens is 280 g/mol. The minimum absolute atomic E-state index is 0.0928. The molecule has 22 heavy (non-hydrogen) atoms. The number of nitrogens with zero attached hydrogens (tertiary/aromatic N) is 3. The molecule has 0 saturated heterocycles. The smallest absolute Gasteiger partial charge is 0.228 e. The molecule has 1 N–H and O–H groups in total. The fraction of sp³-hybridized carbons (Fsp3) is 0.188. The largest absolute Gasteiger partial charge is 0.361 e. The van der Waals surface area contributed by atoms with Crippen LogP contribution in [0.5, 0.6) is 0 Å². The van der Waals surface area contributed by atoms with Crippen LogP contribution in [0, 0.1) is 13.8 Å². The van der Waals surface area contributed by atoms with Crippen LogP contribution in [0.15, 0.2) is 47.5 Å². The number of hydrogen-bond donors (Lipinski definition) is 1. The molecule has 6 nitrogen and oxygen atoms in total. The number of amides is 1. The van der Waals surface area contributed by atoms with Gasteiger partial charge in [-0.3, -0.25) is 4.79 Å². The standard InChI is InChI=1S/C16H16N4O2/c1-11-15(12(2)22-19-11)9-16(21)18-13-3-5-14(6-4-13)20-8-7-17-10-20/h3-8,10H,9H2,1-2H3,(H,18,21). The first kappa shape index (κ1) is 14.1.